The average molecular weight is 448 g/mol. The van der Waals surface area contributed by atoms with Crippen LogP contribution in [-0.4, -0.2) is 29.1 Å². The van der Waals surface area contributed by atoms with Crippen molar-refractivity contribution in [2.75, 3.05) is 5.32 Å². The molecule has 1 aromatic carbocycles. The highest BCUT2D eigenvalue weighted by molar-refractivity contribution is 5.68. The first-order valence-electron chi connectivity index (χ1n) is 8.97. The number of hydrogen-bond donors (Lipinski definition) is 3. The number of rotatable bonds is 7. The Kier molecular flexibility index (Phi) is 8.35. The summed E-state index contributed by atoms with van der Waals surface area (Å²) < 4.78 is 98.5. The summed E-state index contributed by atoms with van der Waals surface area (Å²) in [5, 5.41) is 14.2. The molecule has 12 heteroatoms. The van der Waals surface area contributed by atoms with E-state index in [2.05, 4.69) is 5.32 Å². The smallest absolute Gasteiger partial charge is 0.422 e. The van der Waals surface area contributed by atoms with Crippen molar-refractivity contribution in [3.05, 3.63) is 28.8 Å². The molecule has 172 valence electrons. The number of carbonyl (C=O) groups is 1. The van der Waals surface area contributed by atoms with Crippen LogP contribution < -0.4 is 10.6 Å². The summed E-state index contributed by atoms with van der Waals surface area (Å²) in [7, 11) is 0. The summed E-state index contributed by atoms with van der Waals surface area (Å²) in [6, 6.07) is -1.24. The zero-order chi connectivity index (χ0) is 23.4. The van der Waals surface area contributed by atoms with Gasteiger partial charge < -0.3 is 20.5 Å². The second kappa shape index (κ2) is 9.71. The molecule has 0 heterocycles. The molecule has 1 unspecified atom stereocenters. The van der Waals surface area contributed by atoms with E-state index >= 15 is 0 Å². The molecule has 0 aliphatic rings. The van der Waals surface area contributed by atoms with Gasteiger partial charge in [-0.2, -0.15) is 13.2 Å². The van der Waals surface area contributed by atoms with Gasteiger partial charge in [0.05, 0.1) is 6.04 Å². The van der Waals surface area contributed by atoms with Crippen molar-refractivity contribution < 1.29 is 45.4 Å². The van der Waals surface area contributed by atoms with Crippen molar-refractivity contribution in [1.82, 2.24) is 5.32 Å². The van der Waals surface area contributed by atoms with Gasteiger partial charge in [-0.25, -0.2) is 22.4 Å². The summed E-state index contributed by atoms with van der Waals surface area (Å²) in [6.45, 7) is 6.44. The molecule has 0 aliphatic heterocycles. The van der Waals surface area contributed by atoms with E-state index in [0.717, 1.165) is 0 Å². The Labute approximate surface area is 168 Å². The monoisotopic (exact) mass is 448 g/mol. The summed E-state index contributed by atoms with van der Waals surface area (Å²) in [6.07, 6.45) is -7.63. The summed E-state index contributed by atoms with van der Waals surface area (Å²) in [4.78, 5) is 11.9. The lowest BCUT2D eigenvalue weighted by Gasteiger charge is -2.28. The Hall–Kier alpha value is -2.24. The van der Waals surface area contributed by atoms with Gasteiger partial charge in [-0.05, 0) is 27.2 Å². The number of hydrogen-bond acceptors (Lipinski definition) is 4. The molecule has 0 spiro atoms. The van der Waals surface area contributed by atoms with E-state index in [1.54, 1.807) is 33.0 Å². The third-order valence-corrected chi connectivity index (χ3v) is 3.79. The van der Waals surface area contributed by atoms with Gasteiger partial charge >= 0.3 is 12.3 Å². The number of nitrogens with one attached hydrogen (secondary N) is 2. The second-order valence-electron chi connectivity index (χ2n) is 7.49. The van der Waals surface area contributed by atoms with E-state index in [1.807, 2.05) is 0 Å². The topological polar surface area (TPSA) is 70.6 Å². The highest BCUT2D eigenvalue weighted by Gasteiger charge is 2.42. The third kappa shape index (κ3) is 6.64. The number of aliphatic hydroxyl groups excluding tert-OH is 1. The Morgan fingerprint density at radius 3 is 1.93 bits per heavy atom. The number of benzene rings is 1. The molecule has 0 bridgehead atoms. The molecular weight excluding hydrogens is 425 g/mol. The van der Waals surface area contributed by atoms with Crippen LogP contribution in [0.5, 0.6) is 0 Å². The molecule has 1 rings (SSSR count). The molecule has 3 N–H and O–H groups in total. The maximum Gasteiger partial charge on any atom is 0.422 e. The van der Waals surface area contributed by atoms with Gasteiger partial charge in [0.1, 0.15) is 23.1 Å². The molecule has 2 atom stereocenters. The van der Waals surface area contributed by atoms with Crippen molar-refractivity contribution in [2.24, 2.45) is 0 Å². The highest BCUT2D eigenvalue weighted by atomic mass is 19.4. The molecule has 1 amide bonds. The van der Waals surface area contributed by atoms with Crippen LogP contribution in [-0.2, 0) is 10.9 Å². The first-order valence-corrected chi connectivity index (χ1v) is 8.97. The van der Waals surface area contributed by atoms with Crippen molar-refractivity contribution >= 4 is 11.8 Å². The second-order valence-corrected chi connectivity index (χ2v) is 7.49. The summed E-state index contributed by atoms with van der Waals surface area (Å²) in [5.41, 5.74) is -5.28. The van der Waals surface area contributed by atoms with Crippen molar-refractivity contribution in [1.29, 1.82) is 0 Å². The molecule has 0 aliphatic carbocycles. The minimum Gasteiger partial charge on any atom is -0.444 e. The van der Waals surface area contributed by atoms with Gasteiger partial charge in [0, 0.05) is 0 Å². The number of alkyl halides is 3. The van der Waals surface area contributed by atoms with Crippen molar-refractivity contribution in [3.63, 3.8) is 0 Å². The fourth-order valence-electron chi connectivity index (χ4n) is 2.45. The van der Waals surface area contributed by atoms with Gasteiger partial charge in [-0.3, -0.25) is 0 Å². The highest BCUT2D eigenvalue weighted by Crippen LogP contribution is 2.38. The van der Waals surface area contributed by atoms with Crippen LogP contribution >= 0.6 is 0 Å². The quantitative estimate of drug-likeness (QED) is 0.309. The number of carbonyl (C=O) groups excluding carboxylic acids is 1. The molecule has 0 fully saturated rings. The first-order chi connectivity index (χ1) is 13.6. The minimum absolute atomic E-state index is 0.0543. The molecule has 0 saturated carbocycles. The fourth-order valence-corrected chi connectivity index (χ4v) is 2.45. The van der Waals surface area contributed by atoms with Crippen LogP contribution in [0, 0.1) is 23.3 Å². The van der Waals surface area contributed by atoms with Crippen LogP contribution in [0.2, 0.25) is 0 Å². The molecule has 0 saturated heterocycles. The van der Waals surface area contributed by atoms with Crippen molar-refractivity contribution in [3.8, 4) is 0 Å². The molecular formula is C18H23F7N2O3. The van der Waals surface area contributed by atoms with Crippen LogP contribution in [0.25, 0.3) is 0 Å². The number of unbranched alkanes of at least 4 members (excludes halogenated alkanes) is 1. The zero-order valence-electron chi connectivity index (χ0n) is 16.7. The predicted molar refractivity (Wildman–Crippen MR) is 93.6 cm³/mol. The van der Waals surface area contributed by atoms with Crippen LogP contribution in [0.3, 0.4) is 0 Å². The maximum absolute atomic E-state index is 14.0. The van der Waals surface area contributed by atoms with E-state index in [-0.39, 0.29) is 6.42 Å². The van der Waals surface area contributed by atoms with Crippen LogP contribution in [0.4, 0.5) is 41.2 Å². The molecule has 1 aromatic rings. The van der Waals surface area contributed by atoms with E-state index in [9.17, 15) is 40.6 Å². The largest absolute Gasteiger partial charge is 0.444 e. The SMILES string of the molecule is CCCC[C@H](NC(=O)OC(C)(C)C)C(O)Nc1c(F)c(F)c(C(F)(F)F)c(F)c1F. The first kappa shape index (κ1) is 25.8. The lowest BCUT2D eigenvalue weighted by Crippen LogP contribution is -2.48. The summed E-state index contributed by atoms with van der Waals surface area (Å²) >= 11 is 0. The number of halogens is 7. The van der Waals surface area contributed by atoms with E-state index in [0.29, 0.717) is 12.8 Å². The molecule has 30 heavy (non-hydrogen) atoms. The Bertz CT molecular complexity index is 735. The Morgan fingerprint density at radius 2 is 1.53 bits per heavy atom. The lowest BCUT2D eigenvalue weighted by molar-refractivity contribution is -0.143. The van der Waals surface area contributed by atoms with E-state index < -0.39 is 64.7 Å². The van der Waals surface area contributed by atoms with Gasteiger partial charge in [0.25, 0.3) is 0 Å². The standard InChI is InChI=1S/C18H23F7N2O3/c1-5-6-7-8(26-16(29)30-17(2,3)4)15(28)27-14-12(21)10(19)9(18(23,24)25)11(20)13(14)22/h8,15,27-28H,5-7H2,1-4H3,(H,26,29)/t8-,15?/m0/s1. The van der Waals surface area contributed by atoms with Gasteiger partial charge in [0.15, 0.2) is 23.3 Å². The van der Waals surface area contributed by atoms with Gasteiger partial charge in [-0.15, -0.1) is 0 Å². The van der Waals surface area contributed by atoms with Gasteiger partial charge in [0.2, 0.25) is 0 Å². The Morgan fingerprint density at radius 1 is 1.03 bits per heavy atom. The average Bonchev–Trinajstić information content (AvgIpc) is 2.57. The number of aliphatic hydroxyl groups is 1. The lowest BCUT2D eigenvalue weighted by atomic mass is 10.1. The molecule has 0 radical (unpaired) electrons. The maximum atomic E-state index is 14.0. The minimum atomic E-state index is -5.69. The fraction of sp³-hybridized carbons (Fsp3) is 0.611. The predicted octanol–water partition coefficient (Wildman–Crippen LogP) is 5.08. The number of anilines is 1. The van der Waals surface area contributed by atoms with Crippen LogP contribution in [0.1, 0.15) is 52.5 Å². The van der Waals surface area contributed by atoms with Crippen molar-refractivity contribution in [2.45, 2.75) is 71.0 Å². The van der Waals surface area contributed by atoms with E-state index in [1.165, 1.54) is 0 Å². The number of amides is 1. The van der Waals surface area contributed by atoms with E-state index in [4.69, 9.17) is 4.74 Å². The molecule has 5 nitrogen and oxygen atoms in total. The van der Waals surface area contributed by atoms with Gasteiger partial charge in [-0.1, -0.05) is 19.8 Å². The normalized spacial score (nSPS) is 14.3. The van der Waals surface area contributed by atoms with Crippen LogP contribution in [0.15, 0.2) is 0 Å². The summed E-state index contributed by atoms with van der Waals surface area (Å²) in [5.74, 6) is -10.1. The third-order valence-electron chi connectivity index (χ3n) is 3.79. The zero-order valence-corrected chi connectivity index (χ0v) is 16.7. The number of ether oxygens (including phenoxy) is 1. The number of alkyl carbamates (subject to hydrolysis) is 1. The Balaban J connectivity index is 3.20. The molecule has 0 aromatic heterocycles.